The molecule has 6 N–H and O–H groups in total. The van der Waals surface area contributed by atoms with Gasteiger partial charge in [-0.1, -0.05) is 163 Å². The average molecular weight is 2070 g/mol. The van der Waals surface area contributed by atoms with Crippen molar-refractivity contribution in [3.05, 3.63) is 363 Å². The standard InChI is InChI=1S/C28H24N4O2.C21H19IN2O.C15H13IO2.C14H11IO2.C8H7NO.C6H9N3.Cu.HI.Na.H2O/c1-18-7-9-20(10-8-18)21-14-22(27(33)13-19(2)25-17-29-11-12-30-25)16-23(15-21)32-26-6-4-3-5-24(26)31-28(32)34;1-14-3-5-16(6-4-14)17-10-18(12-19(22)11-17)21(25)9-15(2)20-13-23-7-8-24-20;1-10-3-5-11(6-4-10)12-7-13(15(17)18-2)9-14(16)8-12;1-9-2-4-10(5-3-9)11-6-12(14(16)17)8-13(15)7-11;10-8-5-6-3-1-2-4-7(6)9-8;1-5(7)6-4-8-2-3-9-6;;;;/h3-12,14-17,19H,13H2,1-2H3,(H,31,34);3-8,10-13,15H,9H2,1-2H3;3-9H,1-2H3;2-8H,1H3,(H,16,17);1-4H,5H2,(H,9,10);2-5H,7H2,1H3;;1H;;1H2/q;;;;;;+1;;+1;/p-2. The molecule has 19 nitrogen and oxygen atoms in total. The van der Waals surface area contributed by atoms with Crippen molar-refractivity contribution < 1.29 is 81.6 Å². The van der Waals surface area contributed by atoms with E-state index in [9.17, 15) is 28.8 Å². The zero-order chi connectivity index (χ0) is 82.7. The van der Waals surface area contributed by atoms with Crippen LogP contribution < -0.4 is 46.3 Å². The zero-order valence-electron chi connectivity index (χ0n) is 65.6. The number of carboxylic acid groups (broad SMARTS) is 1. The van der Waals surface area contributed by atoms with E-state index in [0.717, 1.165) is 106 Å². The Kier molecular flexibility index (Phi) is 38.5. The monoisotopic (exact) mass is 2070 g/mol. The van der Waals surface area contributed by atoms with Crippen molar-refractivity contribution in [3.8, 4) is 50.2 Å². The molecule has 14 aromatic rings. The van der Waals surface area contributed by atoms with E-state index in [0.29, 0.717) is 35.2 Å². The van der Waals surface area contributed by atoms with E-state index in [4.69, 9.17) is 15.6 Å². The first-order chi connectivity index (χ1) is 55.3. The number of para-hydroxylation sites is 3. The number of H-pyrrole nitrogens is 1. The summed E-state index contributed by atoms with van der Waals surface area (Å²) < 4.78 is 9.39. The maximum atomic E-state index is 13.4. The summed E-state index contributed by atoms with van der Waals surface area (Å²) in [6, 6.07) is 70.9. The van der Waals surface area contributed by atoms with Gasteiger partial charge < -0.3 is 31.4 Å². The molecule has 0 saturated heterocycles. The number of amides is 1. The molecule has 1 aliphatic heterocycles. The Bertz CT molecular complexity index is 5670. The third-order valence-corrected chi connectivity index (χ3v) is 20.0. The van der Waals surface area contributed by atoms with E-state index in [1.54, 1.807) is 98.9 Å². The van der Waals surface area contributed by atoms with Crippen LogP contribution in [0.2, 0.25) is 0 Å². The molecule has 25 heteroatoms. The second-order valence-electron chi connectivity index (χ2n) is 27.1. The summed E-state index contributed by atoms with van der Waals surface area (Å²) in [5.41, 5.74) is 27.1. The third kappa shape index (κ3) is 28.5. The normalized spacial score (nSPS) is 11.4. The fourth-order valence-corrected chi connectivity index (χ4v) is 14.0. The number of benzene rings is 10. The molecule has 0 fully saturated rings. The Hall–Kier alpha value is -9.18. The molecule has 596 valence electrons. The predicted octanol–water partition coefficient (Wildman–Crippen LogP) is 18.3. The van der Waals surface area contributed by atoms with Gasteiger partial charge in [0.25, 0.3) is 0 Å². The summed E-state index contributed by atoms with van der Waals surface area (Å²) >= 11 is 12.5. The Morgan fingerprint density at radius 3 is 1.26 bits per heavy atom. The van der Waals surface area contributed by atoms with Gasteiger partial charge in [-0.2, -0.15) is 0 Å². The molecule has 0 bridgehead atoms. The second kappa shape index (κ2) is 47.4. The smallest absolute Gasteiger partial charge is 0.870 e. The van der Waals surface area contributed by atoms with Crippen LogP contribution in [0, 0.1) is 38.4 Å². The Labute approximate surface area is 763 Å². The Morgan fingerprint density at radius 2 is 0.863 bits per heavy atom. The number of esters is 1. The predicted molar refractivity (Wildman–Crippen MR) is 489 cm³/mol. The molecule has 3 unspecified atom stereocenters. The largest absolute Gasteiger partial charge is 1.00 e. The molecule has 0 saturated carbocycles. The third-order valence-electron chi connectivity index (χ3n) is 18.2. The molecule has 0 spiro atoms. The van der Waals surface area contributed by atoms with Crippen LogP contribution >= 0.6 is 88.1 Å². The van der Waals surface area contributed by atoms with Gasteiger partial charge in [-0.3, -0.25) is 48.9 Å². The molecular weight excluding hydrogens is 1980 g/mol. The van der Waals surface area contributed by atoms with Gasteiger partial charge in [-0.05, 0) is 243 Å². The SMILES string of the molecule is CC(N)c1cnccn1.COC(=O)c1cc(I)cc(-c2ccc(C)cc2)c1.Cc1ccc(-c2cc(C(=O)CC(C)c3cnccn3)cc(-n3c(=O)[nH]c4ccccc43)c2)cc1.Cc1ccc(-c2cc(I)cc(C(=O)CC(C)c3cnccn3)c2)cc1.Cc1ccc(-c2cc(I)cc(C(=O)O)c2)cc1.O=C1Cc2ccccc2N1.[Cu][I].[Na+].[OH-]. The van der Waals surface area contributed by atoms with Crippen LogP contribution in [-0.2, 0) is 28.7 Å². The van der Waals surface area contributed by atoms with Gasteiger partial charge in [0, 0.05) is 114 Å². The first-order valence-electron chi connectivity index (χ1n) is 36.3. The van der Waals surface area contributed by atoms with E-state index in [-0.39, 0.29) is 88.5 Å². The molecular formula is C92H84CuI4N10NaO9. The summed E-state index contributed by atoms with van der Waals surface area (Å²) in [5.74, 6) is -1.02. The number of aryl methyl sites for hydroxylation is 4. The van der Waals surface area contributed by atoms with Crippen molar-refractivity contribution in [2.75, 3.05) is 12.4 Å². The number of carbonyl (C=O) groups is 5. The van der Waals surface area contributed by atoms with Gasteiger partial charge in [0.05, 0.1) is 58.5 Å². The van der Waals surface area contributed by atoms with E-state index in [2.05, 4.69) is 195 Å². The van der Waals surface area contributed by atoms with Crippen LogP contribution in [-0.4, -0.2) is 86.6 Å². The first kappa shape index (κ1) is 95.0. The summed E-state index contributed by atoms with van der Waals surface area (Å²) in [6.45, 7) is 14.0. The van der Waals surface area contributed by atoms with Crippen LogP contribution in [0.25, 0.3) is 61.2 Å². The van der Waals surface area contributed by atoms with Crippen LogP contribution in [0.1, 0.15) is 138 Å². The van der Waals surface area contributed by atoms with Crippen LogP contribution in [0.3, 0.4) is 0 Å². The first-order valence-corrected chi connectivity index (χ1v) is 42.6. The number of fused-ring (bicyclic) bond motifs is 2. The number of aromatic carboxylic acids is 1. The number of nitrogens with two attached hydrogens (primary N) is 1. The van der Waals surface area contributed by atoms with Crippen LogP contribution in [0.4, 0.5) is 5.69 Å². The van der Waals surface area contributed by atoms with Crippen LogP contribution in [0.5, 0.6) is 0 Å². The number of hydrogen-bond donors (Lipinski definition) is 4. The average Bonchev–Trinajstić information content (AvgIpc) is 1.69. The molecule has 1 amide bonds. The number of ether oxygens (including phenoxy) is 1. The fourth-order valence-electron chi connectivity index (χ4n) is 12.0. The van der Waals surface area contributed by atoms with Crippen LogP contribution in [0.15, 0.2) is 279 Å². The van der Waals surface area contributed by atoms with Gasteiger partial charge in [0.2, 0.25) is 5.91 Å². The number of nitrogens with zero attached hydrogens (tertiary/aromatic N) is 7. The number of imidazole rings is 1. The minimum atomic E-state index is -0.892. The minimum Gasteiger partial charge on any atom is -0.870 e. The summed E-state index contributed by atoms with van der Waals surface area (Å²) in [5, 5.41) is 11.8. The number of carboxylic acids is 1. The zero-order valence-corrected chi connectivity index (χ0v) is 77.2. The topological polar surface area (TPSA) is 298 Å². The number of Topliss-reactive ketones (excluding diaryl/α,β-unsaturated/α-hetero) is 2. The molecule has 0 aliphatic carbocycles. The van der Waals surface area contributed by atoms with Gasteiger partial charge in [0.15, 0.2) is 11.6 Å². The number of hydrogen-bond acceptors (Lipinski definition) is 15. The van der Waals surface area contributed by atoms with Gasteiger partial charge >= 0.3 is 80.3 Å². The molecule has 1 aliphatic rings. The van der Waals surface area contributed by atoms with E-state index < -0.39 is 5.97 Å². The summed E-state index contributed by atoms with van der Waals surface area (Å²) in [4.78, 5) is 100.0. The Balaban J connectivity index is 0.000000203. The fraction of sp³-hybridized carbons (Fsp3) is 0.152. The molecule has 3 atom stereocenters. The van der Waals surface area contributed by atoms with Crippen molar-refractivity contribution in [3.63, 3.8) is 0 Å². The van der Waals surface area contributed by atoms with Crippen molar-refractivity contribution in [2.24, 2.45) is 5.73 Å². The summed E-state index contributed by atoms with van der Waals surface area (Å²) in [7, 11) is 1.40. The Morgan fingerprint density at radius 1 is 0.487 bits per heavy atom. The number of nitrogens with one attached hydrogen (secondary N) is 2. The van der Waals surface area contributed by atoms with E-state index in [1.807, 2.05) is 174 Å². The van der Waals surface area contributed by atoms with E-state index in [1.165, 1.54) is 23.8 Å². The molecule has 117 heavy (non-hydrogen) atoms. The van der Waals surface area contributed by atoms with Crippen molar-refractivity contribution in [1.82, 2.24) is 39.5 Å². The maximum Gasteiger partial charge on any atom is 1.00 e. The number of halogens is 4. The minimum absolute atomic E-state index is 0. The second-order valence-corrected chi connectivity index (χ2v) is 30.9. The number of anilines is 1. The molecule has 15 rings (SSSR count). The van der Waals surface area contributed by atoms with Gasteiger partial charge in [-0.15, -0.1) is 0 Å². The molecule has 5 heterocycles. The number of aromatic nitrogens is 8. The quantitative estimate of drug-likeness (QED) is 0.0302. The molecule has 0 radical (unpaired) electrons. The van der Waals surface area contributed by atoms with Gasteiger partial charge in [0.1, 0.15) is 0 Å². The summed E-state index contributed by atoms with van der Waals surface area (Å²) in [6.07, 6.45) is 16.2. The number of methoxy groups -OCH3 is 1. The van der Waals surface area contributed by atoms with E-state index >= 15 is 0 Å². The molecule has 10 aromatic carbocycles. The van der Waals surface area contributed by atoms with Crippen molar-refractivity contribution in [2.45, 2.75) is 85.6 Å². The van der Waals surface area contributed by atoms with Crippen molar-refractivity contribution in [1.29, 1.82) is 0 Å². The maximum absolute atomic E-state index is 13.4. The van der Waals surface area contributed by atoms with Gasteiger partial charge in [-0.25, -0.2) is 14.4 Å². The number of carbonyl (C=O) groups excluding carboxylic acids is 4. The number of aromatic amines is 1. The number of rotatable bonds is 16. The molecule has 4 aromatic heterocycles. The number of ketones is 2. The van der Waals surface area contributed by atoms with Crippen molar-refractivity contribution >= 4 is 134 Å².